The Labute approximate surface area is 295 Å². The number of carbonyl (C=O) groups excluding carboxylic acids is 2. The van der Waals surface area contributed by atoms with Crippen LogP contribution < -0.4 is 19.5 Å². The summed E-state index contributed by atoms with van der Waals surface area (Å²) in [5.41, 5.74) is 1.91. The number of aliphatic hydroxyl groups is 1. The van der Waals surface area contributed by atoms with Crippen molar-refractivity contribution in [3.63, 3.8) is 0 Å². The van der Waals surface area contributed by atoms with Crippen LogP contribution >= 0.6 is 0 Å². The molecule has 0 saturated carbocycles. The number of benzene rings is 3. The van der Waals surface area contributed by atoms with Crippen molar-refractivity contribution < 1.29 is 37.3 Å². The van der Waals surface area contributed by atoms with Crippen molar-refractivity contribution in [3.8, 4) is 11.5 Å². The molecular formula is C37H50N4O8S. The Bertz CT molecular complexity index is 1680. The maximum Gasteiger partial charge on any atom is 0.321 e. The van der Waals surface area contributed by atoms with Gasteiger partial charge in [-0.2, -0.15) is 0 Å². The van der Waals surface area contributed by atoms with Crippen molar-refractivity contribution in [2.24, 2.45) is 5.92 Å². The number of rotatable bonds is 9. The third-order valence-electron chi connectivity index (χ3n) is 8.78. The van der Waals surface area contributed by atoms with E-state index in [-0.39, 0.29) is 53.9 Å². The molecule has 0 saturated heterocycles. The standard InChI is InChI=1S/C37H50N4O8S/c1-25-10-17-32(18-11-25)50(45,46)39-30-14-19-34-33(21-30)36(43)41(27(3)24-42)22-26(2)35(48-20-8-7-9-28(4)49-34)23-40(5)37(44)38-29-12-15-31(47-6)16-13-29/h10-19,21,26-28,35,39,42H,7-9,20,22-24H2,1-6H3,(H,38,44)/t26-,27-,28+,35+/m0/s1. The predicted octanol–water partition coefficient (Wildman–Crippen LogP) is 5.76. The minimum Gasteiger partial charge on any atom is -0.497 e. The molecule has 12 nitrogen and oxygen atoms in total. The minimum absolute atomic E-state index is 0.0948. The number of amides is 3. The number of nitrogens with zero attached hydrogens (tertiary/aromatic N) is 2. The number of hydrogen-bond donors (Lipinski definition) is 3. The van der Waals surface area contributed by atoms with Gasteiger partial charge in [-0.25, -0.2) is 13.2 Å². The first-order chi connectivity index (χ1) is 23.8. The lowest BCUT2D eigenvalue weighted by Crippen LogP contribution is -2.48. The van der Waals surface area contributed by atoms with Gasteiger partial charge in [0.25, 0.3) is 15.9 Å². The molecule has 272 valence electrons. The summed E-state index contributed by atoms with van der Waals surface area (Å²) >= 11 is 0. The first-order valence-corrected chi connectivity index (χ1v) is 18.4. The Morgan fingerprint density at radius 2 is 1.74 bits per heavy atom. The Morgan fingerprint density at radius 1 is 1.06 bits per heavy atom. The fourth-order valence-corrected chi connectivity index (χ4v) is 6.68. The quantitative estimate of drug-likeness (QED) is 0.254. The van der Waals surface area contributed by atoms with Crippen LogP contribution in [0.2, 0.25) is 0 Å². The second kappa shape index (κ2) is 17.6. The monoisotopic (exact) mass is 710 g/mol. The SMILES string of the molecule is COc1ccc(NC(=O)N(C)C[C@H]2OCCCC[C@@H](C)Oc3ccc(NS(=O)(=O)c4ccc(C)cc4)cc3C(=O)N([C@@H](C)CO)C[C@@H]2C)cc1. The number of aryl methyl sites for hydroxylation is 1. The van der Waals surface area contributed by atoms with E-state index in [4.69, 9.17) is 14.2 Å². The maximum absolute atomic E-state index is 14.4. The normalized spacial score (nSPS) is 19.7. The van der Waals surface area contributed by atoms with Gasteiger partial charge in [-0.1, -0.05) is 24.6 Å². The number of hydrogen-bond acceptors (Lipinski definition) is 8. The maximum atomic E-state index is 14.4. The van der Waals surface area contributed by atoms with E-state index in [1.54, 1.807) is 79.4 Å². The number of ether oxygens (including phenoxy) is 3. The molecule has 1 aliphatic rings. The molecule has 0 fully saturated rings. The molecule has 13 heteroatoms. The zero-order chi connectivity index (χ0) is 36.4. The molecule has 50 heavy (non-hydrogen) atoms. The van der Waals surface area contributed by atoms with Gasteiger partial charge in [0.15, 0.2) is 0 Å². The molecule has 1 heterocycles. The van der Waals surface area contributed by atoms with E-state index in [0.29, 0.717) is 30.2 Å². The van der Waals surface area contributed by atoms with Crippen molar-refractivity contribution in [1.82, 2.24) is 9.80 Å². The Morgan fingerprint density at radius 3 is 2.40 bits per heavy atom. The van der Waals surface area contributed by atoms with Gasteiger partial charge in [0.2, 0.25) is 0 Å². The molecule has 3 aromatic carbocycles. The topological polar surface area (TPSA) is 147 Å². The van der Waals surface area contributed by atoms with Gasteiger partial charge in [0, 0.05) is 44.0 Å². The van der Waals surface area contributed by atoms with E-state index in [1.165, 1.54) is 18.2 Å². The summed E-state index contributed by atoms with van der Waals surface area (Å²) in [6.07, 6.45) is 1.58. The molecule has 0 unspecified atom stereocenters. The fourth-order valence-electron chi connectivity index (χ4n) is 5.63. The molecule has 1 aliphatic heterocycles. The summed E-state index contributed by atoms with van der Waals surface area (Å²) in [4.78, 5) is 30.8. The highest BCUT2D eigenvalue weighted by atomic mass is 32.2. The second-order valence-electron chi connectivity index (χ2n) is 13.0. The summed E-state index contributed by atoms with van der Waals surface area (Å²) < 4.78 is 46.9. The van der Waals surface area contributed by atoms with Crippen LogP contribution in [-0.4, -0.2) is 94.0 Å². The number of methoxy groups -OCH3 is 1. The fraction of sp³-hybridized carbons (Fsp3) is 0.459. The highest BCUT2D eigenvalue weighted by Gasteiger charge is 2.31. The Hall–Kier alpha value is -4.33. The van der Waals surface area contributed by atoms with E-state index in [2.05, 4.69) is 10.0 Å². The lowest BCUT2D eigenvalue weighted by Gasteiger charge is -2.35. The summed E-state index contributed by atoms with van der Waals surface area (Å²) in [5, 5.41) is 13.1. The van der Waals surface area contributed by atoms with Crippen molar-refractivity contribution >= 4 is 33.3 Å². The summed E-state index contributed by atoms with van der Waals surface area (Å²) in [5.74, 6) is 0.304. The number of carbonyl (C=O) groups is 2. The summed E-state index contributed by atoms with van der Waals surface area (Å²) in [7, 11) is -0.677. The van der Waals surface area contributed by atoms with Crippen LogP contribution in [0, 0.1) is 12.8 Å². The van der Waals surface area contributed by atoms with Crippen LogP contribution in [0.5, 0.6) is 11.5 Å². The average Bonchev–Trinajstić information content (AvgIpc) is 3.09. The number of likely N-dealkylation sites (N-methyl/N-ethyl adjacent to an activating group) is 1. The number of aliphatic hydroxyl groups excluding tert-OH is 1. The van der Waals surface area contributed by atoms with Crippen LogP contribution in [0.4, 0.5) is 16.2 Å². The first kappa shape index (κ1) is 38.5. The van der Waals surface area contributed by atoms with Crippen LogP contribution in [0.15, 0.2) is 71.6 Å². The highest BCUT2D eigenvalue weighted by Crippen LogP contribution is 2.30. The number of anilines is 2. The predicted molar refractivity (Wildman–Crippen MR) is 194 cm³/mol. The van der Waals surface area contributed by atoms with E-state index in [0.717, 1.165) is 18.4 Å². The zero-order valence-electron chi connectivity index (χ0n) is 29.7. The van der Waals surface area contributed by atoms with Gasteiger partial charge < -0.3 is 34.4 Å². The Balaban J connectivity index is 1.61. The van der Waals surface area contributed by atoms with E-state index in [1.807, 2.05) is 20.8 Å². The van der Waals surface area contributed by atoms with Gasteiger partial charge in [-0.15, -0.1) is 0 Å². The lowest BCUT2D eigenvalue weighted by atomic mass is 10.0. The van der Waals surface area contributed by atoms with Crippen molar-refractivity contribution in [1.29, 1.82) is 0 Å². The van der Waals surface area contributed by atoms with Crippen molar-refractivity contribution in [2.75, 3.05) is 50.5 Å². The van der Waals surface area contributed by atoms with Crippen LogP contribution in [-0.2, 0) is 14.8 Å². The molecule has 4 atom stereocenters. The Kier molecular flexibility index (Phi) is 13.5. The van der Waals surface area contributed by atoms with Gasteiger partial charge in [-0.05, 0) is 94.6 Å². The molecule has 0 aromatic heterocycles. The first-order valence-electron chi connectivity index (χ1n) is 16.9. The molecule has 3 N–H and O–H groups in total. The highest BCUT2D eigenvalue weighted by molar-refractivity contribution is 7.92. The smallest absolute Gasteiger partial charge is 0.321 e. The van der Waals surface area contributed by atoms with E-state index < -0.39 is 28.1 Å². The minimum atomic E-state index is -3.94. The molecule has 3 aromatic rings. The van der Waals surface area contributed by atoms with Crippen molar-refractivity contribution in [2.45, 2.75) is 70.1 Å². The third-order valence-corrected chi connectivity index (χ3v) is 10.2. The largest absolute Gasteiger partial charge is 0.497 e. The molecule has 0 bridgehead atoms. The molecular weight excluding hydrogens is 660 g/mol. The summed E-state index contributed by atoms with van der Waals surface area (Å²) in [6.45, 7) is 8.07. The average molecular weight is 711 g/mol. The van der Waals surface area contributed by atoms with Crippen molar-refractivity contribution in [3.05, 3.63) is 77.9 Å². The molecule has 0 aliphatic carbocycles. The number of fused-ring (bicyclic) bond motifs is 1. The molecule has 0 spiro atoms. The van der Waals surface area contributed by atoms with E-state index >= 15 is 0 Å². The number of nitrogens with one attached hydrogen (secondary N) is 2. The van der Waals surface area contributed by atoms with Crippen LogP contribution in [0.25, 0.3) is 0 Å². The second-order valence-corrected chi connectivity index (χ2v) is 14.7. The zero-order valence-corrected chi connectivity index (χ0v) is 30.5. The molecule has 4 rings (SSSR count). The molecule has 0 radical (unpaired) electrons. The van der Waals surface area contributed by atoms with Gasteiger partial charge in [0.1, 0.15) is 11.5 Å². The van der Waals surface area contributed by atoms with Gasteiger partial charge >= 0.3 is 6.03 Å². The number of urea groups is 1. The van der Waals surface area contributed by atoms with Gasteiger partial charge in [0.05, 0.1) is 42.4 Å². The third kappa shape index (κ3) is 10.3. The van der Waals surface area contributed by atoms with Gasteiger partial charge in [-0.3, -0.25) is 9.52 Å². The van der Waals surface area contributed by atoms with Crippen LogP contribution in [0.1, 0.15) is 56.0 Å². The number of sulfonamides is 1. The van der Waals surface area contributed by atoms with E-state index in [9.17, 15) is 23.1 Å². The van der Waals surface area contributed by atoms with Crippen LogP contribution in [0.3, 0.4) is 0 Å². The molecule has 3 amide bonds. The lowest BCUT2D eigenvalue weighted by molar-refractivity contribution is -0.0115. The summed E-state index contributed by atoms with van der Waals surface area (Å²) in [6, 6.07) is 17.3.